The standard InChI is InChI=1S/C25H30ClNO4/c1-17-15-20(16-25(2,3)27(17)4)30-24(29)22(19-13-9-6-10-14-19)31-23(28)21(26)18-11-7-5-8-12-18/h5-14,17,20-22H,15-16H2,1-4H3. The van der Waals surface area contributed by atoms with Crippen molar-refractivity contribution in [2.75, 3.05) is 7.05 Å². The highest BCUT2D eigenvalue weighted by atomic mass is 35.5. The Morgan fingerprint density at radius 2 is 1.55 bits per heavy atom. The van der Waals surface area contributed by atoms with Gasteiger partial charge >= 0.3 is 11.9 Å². The Labute approximate surface area is 189 Å². The van der Waals surface area contributed by atoms with Crippen molar-refractivity contribution in [1.82, 2.24) is 4.90 Å². The van der Waals surface area contributed by atoms with Crippen LogP contribution in [0.15, 0.2) is 60.7 Å². The van der Waals surface area contributed by atoms with Crippen LogP contribution in [0.5, 0.6) is 0 Å². The zero-order valence-corrected chi connectivity index (χ0v) is 19.2. The van der Waals surface area contributed by atoms with Gasteiger partial charge in [0.2, 0.25) is 6.10 Å². The van der Waals surface area contributed by atoms with Gasteiger partial charge in [0.05, 0.1) is 0 Å². The summed E-state index contributed by atoms with van der Waals surface area (Å²) < 4.78 is 11.5. The number of nitrogens with zero attached hydrogens (tertiary/aromatic N) is 1. The minimum atomic E-state index is -1.17. The number of rotatable bonds is 6. The normalized spacial score (nSPS) is 22.9. The third kappa shape index (κ3) is 5.66. The molecule has 0 bridgehead atoms. The zero-order chi connectivity index (χ0) is 22.6. The average Bonchev–Trinajstić information content (AvgIpc) is 2.76. The molecule has 5 nitrogen and oxygen atoms in total. The average molecular weight is 444 g/mol. The van der Waals surface area contributed by atoms with Gasteiger partial charge in [-0.25, -0.2) is 4.79 Å². The Morgan fingerprint density at radius 1 is 1.00 bits per heavy atom. The number of hydrogen-bond acceptors (Lipinski definition) is 5. The van der Waals surface area contributed by atoms with Crippen LogP contribution in [0.1, 0.15) is 56.2 Å². The number of likely N-dealkylation sites (tertiary alicyclic amines) is 1. The first-order chi connectivity index (χ1) is 14.7. The second kappa shape index (κ2) is 9.84. The van der Waals surface area contributed by atoms with Crippen LogP contribution < -0.4 is 0 Å². The number of carbonyl (C=O) groups excluding carboxylic acids is 2. The lowest BCUT2D eigenvalue weighted by Crippen LogP contribution is -2.54. The summed E-state index contributed by atoms with van der Waals surface area (Å²) in [6, 6.07) is 18.1. The van der Waals surface area contributed by atoms with Gasteiger partial charge in [0.25, 0.3) is 0 Å². The molecule has 0 aliphatic carbocycles. The van der Waals surface area contributed by atoms with Crippen molar-refractivity contribution in [3.8, 4) is 0 Å². The lowest BCUT2D eigenvalue weighted by atomic mass is 9.85. The quantitative estimate of drug-likeness (QED) is 0.461. The Bertz CT molecular complexity index is 887. The number of piperidine rings is 1. The number of halogens is 1. The minimum absolute atomic E-state index is 0.101. The van der Waals surface area contributed by atoms with E-state index in [1.165, 1.54) is 0 Å². The topological polar surface area (TPSA) is 55.8 Å². The molecule has 0 radical (unpaired) electrons. The maximum Gasteiger partial charge on any atom is 0.352 e. The molecule has 2 aromatic carbocycles. The van der Waals surface area contributed by atoms with Gasteiger partial charge in [0.15, 0.2) is 5.38 Å². The molecule has 1 aliphatic heterocycles. The highest BCUT2D eigenvalue weighted by molar-refractivity contribution is 6.30. The van der Waals surface area contributed by atoms with E-state index in [0.717, 1.165) is 6.42 Å². The third-order valence-corrected chi connectivity index (χ3v) is 6.51. The molecule has 31 heavy (non-hydrogen) atoms. The van der Waals surface area contributed by atoms with Crippen LogP contribution in [0.25, 0.3) is 0 Å². The molecule has 1 fully saturated rings. The second-order valence-electron chi connectivity index (χ2n) is 8.77. The summed E-state index contributed by atoms with van der Waals surface area (Å²) in [6.45, 7) is 6.39. The predicted octanol–water partition coefficient (Wildman–Crippen LogP) is 5.06. The Morgan fingerprint density at radius 3 is 2.10 bits per heavy atom. The fraction of sp³-hybridized carbons (Fsp3) is 0.440. The molecule has 4 atom stereocenters. The van der Waals surface area contributed by atoms with Crippen molar-refractivity contribution < 1.29 is 19.1 Å². The van der Waals surface area contributed by atoms with Crippen LogP contribution in [0.2, 0.25) is 0 Å². The highest BCUT2D eigenvalue weighted by Crippen LogP contribution is 2.33. The van der Waals surface area contributed by atoms with E-state index in [0.29, 0.717) is 17.5 Å². The maximum absolute atomic E-state index is 13.1. The van der Waals surface area contributed by atoms with Crippen LogP contribution in [-0.4, -0.2) is 41.6 Å². The molecular formula is C25H30ClNO4. The molecule has 1 aliphatic rings. The SMILES string of the molecule is CC1CC(OC(=O)C(OC(=O)C(Cl)c2ccccc2)c2ccccc2)CC(C)(C)N1C. The van der Waals surface area contributed by atoms with Gasteiger partial charge in [-0.05, 0) is 39.8 Å². The lowest BCUT2D eigenvalue weighted by molar-refractivity contribution is -0.176. The second-order valence-corrected chi connectivity index (χ2v) is 9.21. The molecular weight excluding hydrogens is 414 g/mol. The van der Waals surface area contributed by atoms with Gasteiger partial charge in [0, 0.05) is 23.6 Å². The number of ether oxygens (including phenoxy) is 2. The Kier molecular flexibility index (Phi) is 7.39. The van der Waals surface area contributed by atoms with E-state index >= 15 is 0 Å². The molecule has 1 saturated heterocycles. The van der Waals surface area contributed by atoms with Crippen molar-refractivity contribution in [1.29, 1.82) is 0 Å². The summed E-state index contributed by atoms with van der Waals surface area (Å²) in [5.74, 6) is -1.26. The summed E-state index contributed by atoms with van der Waals surface area (Å²) in [7, 11) is 2.08. The van der Waals surface area contributed by atoms with Crippen molar-refractivity contribution in [3.05, 3.63) is 71.8 Å². The zero-order valence-electron chi connectivity index (χ0n) is 18.5. The summed E-state index contributed by atoms with van der Waals surface area (Å²) in [5, 5.41) is -1.01. The van der Waals surface area contributed by atoms with Crippen molar-refractivity contribution in [2.45, 2.75) is 62.8 Å². The van der Waals surface area contributed by atoms with Crippen LogP contribution >= 0.6 is 11.6 Å². The van der Waals surface area contributed by atoms with Crippen molar-refractivity contribution in [2.24, 2.45) is 0 Å². The van der Waals surface area contributed by atoms with Crippen LogP contribution in [0, 0.1) is 0 Å². The van der Waals surface area contributed by atoms with Crippen LogP contribution in [-0.2, 0) is 19.1 Å². The number of hydrogen-bond donors (Lipinski definition) is 0. The number of benzene rings is 2. The van der Waals surface area contributed by atoms with E-state index in [4.69, 9.17) is 21.1 Å². The summed E-state index contributed by atoms with van der Waals surface area (Å²) >= 11 is 6.33. The molecule has 0 saturated carbocycles. The largest absolute Gasteiger partial charge is 0.459 e. The Hall–Kier alpha value is -2.37. The molecule has 2 aromatic rings. The van der Waals surface area contributed by atoms with E-state index in [1.807, 2.05) is 12.1 Å². The first-order valence-corrected chi connectivity index (χ1v) is 11.0. The summed E-state index contributed by atoms with van der Waals surface area (Å²) in [4.78, 5) is 28.2. The van der Waals surface area contributed by atoms with E-state index in [9.17, 15) is 9.59 Å². The summed E-state index contributed by atoms with van der Waals surface area (Å²) in [6.07, 6.45) is 0.0109. The van der Waals surface area contributed by atoms with Gasteiger partial charge in [0.1, 0.15) is 6.10 Å². The summed E-state index contributed by atoms with van der Waals surface area (Å²) in [5.41, 5.74) is 1.06. The van der Waals surface area contributed by atoms with E-state index < -0.39 is 23.4 Å². The van der Waals surface area contributed by atoms with E-state index in [2.05, 4.69) is 32.7 Å². The maximum atomic E-state index is 13.1. The van der Waals surface area contributed by atoms with Crippen molar-refractivity contribution >= 4 is 23.5 Å². The molecule has 1 heterocycles. The molecule has 0 N–H and O–H groups in total. The van der Waals surface area contributed by atoms with E-state index in [1.54, 1.807) is 48.5 Å². The van der Waals surface area contributed by atoms with Crippen molar-refractivity contribution in [3.63, 3.8) is 0 Å². The Balaban J connectivity index is 1.76. The fourth-order valence-corrected chi connectivity index (χ4v) is 4.25. The van der Waals surface area contributed by atoms with Gasteiger partial charge < -0.3 is 9.47 Å². The van der Waals surface area contributed by atoms with Crippen LogP contribution in [0.4, 0.5) is 0 Å². The first-order valence-electron chi connectivity index (χ1n) is 10.6. The van der Waals surface area contributed by atoms with Crippen LogP contribution in [0.3, 0.4) is 0 Å². The van der Waals surface area contributed by atoms with Gasteiger partial charge in [-0.3, -0.25) is 9.69 Å². The molecule has 166 valence electrons. The third-order valence-electron chi connectivity index (χ3n) is 6.08. The van der Waals surface area contributed by atoms with Gasteiger partial charge in [-0.15, -0.1) is 11.6 Å². The smallest absolute Gasteiger partial charge is 0.352 e. The highest BCUT2D eigenvalue weighted by Gasteiger charge is 2.40. The van der Waals surface area contributed by atoms with Gasteiger partial charge in [-0.1, -0.05) is 60.7 Å². The number of alkyl halides is 1. The molecule has 4 unspecified atom stereocenters. The predicted molar refractivity (Wildman–Crippen MR) is 121 cm³/mol. The number of esters is 2. The molecule has 6 heteroatoms. The fourth-order valence-electron chi connectivity index (χ4n) is 4.05. The van der Waals surface area contributed by atoms with E-state index in [-0.39, 0.29) is 17.7 Å². The molecule has 0 amide bonds. The lowest BCUT2D eigenvalue weighted by Gasteiger charge is -2.47. The molecule has 0 aromatic heterocycles. The first kappa shape index (κ1) is 23.3. The monoisotopic (exact) mass is 443 g/mol. The minimum Gasteiger partial charge on any atom is -0.459 e. The van der Waals surface area contributed by atoms with Gasteiger partial charge in [-0.2, -0.15) is 0 Å². The number of carbonyl (C=O) groups is 2. The molecule has 0 spiro atoms. The molecule has 3 rings (SSSR count).